The predicted octanol–water partition coefficient (Wildman–Crippen LogP) is 5.11. The Hall–Kier alpha value is -3.45. The highest BCUT2D eigenvalue weighted by atomic mass is 79.9. The minimum absolute atomic E-state index is 0.0366. The van der Waals surface area contributed by atoms with E-state index in [1.165, 1.54) is 11.1 Å². The molecule has 0 atom stereocenters. The van der Waals surface area contributed by atoms with Gasteiger partial charge in [-0.25, -0.2) is 9.97 Å². The first-order chi connectivity index (χ1) is 15.6. The van der Waals surface area contributed by atoms with Crippen LogP contribution < -0.4 is 10.6 Å². The van der Waals surface area contributed by atoms with Crippen LogP contribution in [0.3, 0.4) is 0 Å². The van der Waals surface area contributed by atoms with Crippen molar-refractivity contribution in [3.05, 3.63) is 87.7 Å². The van der Waals surface area contributed by atoms with Gasteiger partial charge in [-0.3, -0.25) is 4.79 Å². The van der Waals surface area contributed by atoms with Crippen molar-refractivity contribution in [3.63, 3.8) is 0 Å². The Bertz CT molecular complexity index is 1300. The molecule has 32 heavy (non-hydrogen) atoms. The van der Waals surface area contributed by atoms with E-state index in [1.54, 1.807) is 6.20 Å². The van der Waals surface area contributed by atoms with Crippen LogP contribution in [0.15, 0.2) is 65.3 Å². The number of hydrogen-bond acceptors (Lipinski definition) is 4. The van der Waals surface area contributed by atoms with Crippen LogP contribution >= 0.6 is 15.9 Å². The van der Waals surface area contributed by atoms with Crippen molar-refractivity contribution in [2.75, 3.05) is 11.9 Å². The fourth-order valence-corrected chi connectivity index (χ4v) is 4.06. The maximum absolute atomic E-state index is 12.1. The number of halogens is 1. The van der Waals surface area contributed by atoms with Gasteiger partial charge in [0.1, 0.15) is 0 Å². The van der Waals surface area contributed by atoms with E-state index in [0.717, 1.165) is 45.8 Å². The standard InChI is InChI=1S/C25H22BrN5O/c1-15-12-18(6-7-20(15)26)29-14-16-2-4-17(5-3-16)24-27-10-9-22(31-24)23-13-19-21(30-23)8-11-28-25(19)32/h2-7,9-10,12-13,29-30H,8,11,14H2,1H3,(H,28,32). The van der Waals surface area contributed by atoms with Gasteiger partial charge in [-0.1, -0.05) is 40.2 Å². The number of hydrogen-bond donors (Lipinski definition) is 3. The van der Waals surface area contributed by atoms with E-state index < -0.39 is 0 Å². The molecule has 1 aliphatic heterocycles. The lowest BCUT2D eigenvalue weighted by Gasteiger charge is -2.10. The monoisotopic (exact) mass is 487 g/mol. The second-order valence-corrected chi connectivity index (χ2v) is 8.72. The zero-order chi connectivity index (χ0) is 22.1. The van der Waals surface area contributed by atoms with Crippen LogP contribution in [0.5, 0.6) is 0 Å². The SMILES string of the molecule is Cc1cc(NCc2ccc(-c3nccc(-c4cc5c([nH]4)CCNC5=O)n3)cc2)ccc1Br. The van der Waals surface area contributed by atoms with Crippen molar-refractivity contribution in [1.29, 1.82) is 0 Å². The molecule has 5 rings (SSSR count). The number of aryl methyl sites for hydroxylation is 1. The Morgan fingerprint density at radius 1 is 1.09 bits per heavy atom. The number of benzene rings is 2. The third-order valence-electron chi connectivity index (χ3n) is 5.60. The van der Waals surface area contributed by atoms with Crippen LogP contribution in [0.25, 0.3) is 22.8 Å². The average molecular weight is 488 g/mol. The topological polar surface area (TPSA) is 82.7 Å². The second kappa shape index (κ2) is 8.59. The van der Waals surface area contributed by atoms with Crippen molar-refractivity contribution >= 4 is 27.5 Å². The largest absolute Gasteiger partial charge is 0.381 e. The number of aromatic nitrogens is 3. The van der Waals surface area contributed by atoms with Crippen LogP contribution in [0.1, 0.15) is 27.2 Å². The summed E-state index contributed by atoms with van der Waals surface area (Å²) < 4.78 is 1.11. The van der Waals surface area contributed by atoms with Gasteiger partial charge in [-0.2, -0.15) is 0 Å². The molecule has 6 nitrogen and oxygen atoms in total. The number of carbonyl (C=O) groups excluding carboxylic acids is 1. The van der Waals surface area contributed by atoms with E-state index in [1.807, 2.05) is 24.3 Å². The summed E-state index contributed by atoms with van der Waals surface area (Å²) in [6.45, 7) is 3.47. The fraction of sp³-hybridized carbons (Fsp3) is 0.160. The molecule has 0 bridgehead atoms. The van der Waals surface area contributed by atoms with E-state index in [4.69, 9.17) is 4.98 Å². The molecule has 2 aromatic carbocycles. The van der Waals surface area contributed by atoms with Gasteiger partial charge < -0.3 is 15.6 Å². The number of amides is 1. The Morgan fingerprint density at radius 2 is 1.94 bits per heavy atom. The first kappa shape index (κ1) is 20.5. The Kier molecular flexibility index (Phi) is 5.49. The smallest absolute Gasteiger partial charge is 0.253 e. The van der Waals surface area contributed by atoms with Crippen LogP contribution in [0.2, 0.25) is 0 Å². The summed E-state index contributed by atoms with van der Waals surface area (Å²) in [6.07, 6.45) is 2.55. The highest BCUT2D eigenvalue weighted by molar-refractivity contribution is 9.10. The fourth-order valence-electron chi connectivity index (χ4n) is 3.81. The minimum atomic E-state index is -0.0366. The molecule has 3 heterocycles. The molecule has 2 aromatic heterocycles. The van der Waals surface area contributed by atoms with E-state index in [0.29, 0.717) is 17.9 Å². The lowest BCUT2D eigenvalue weighted by molar-refractivity contribution is 0.0946. The quantitative estimate of drug-likeness (QED) is 0.365. The summed E-state index contributed by atoms with van der Waals surface area (Å²) >= 11 is 3.53. The van der Waals surface area contributed by atoms with Crippen molar-refractivity contribution in [2.24, 2.45) is 0 Å². The summed E-state index contributed by atoms with van der Waals surface area (Å²) in [5, 5.41) is 6.33. The molecule has 0 radical (unpaired) electrons. The Balaban J connectivity index is 1.32. The van der Waals surface area contributed by atoms with Crippen molar-refractivity contribution in [2.45, 2.75) is 19.9 Å². The lowest BCUT2D eigenvalue weighted by atomic mass is 10.1. The molecule has 0 spiro atoms. The van der Waals surface area contributed by atoms with Crippen molar-refractivity contribution < 1.29 is 4.79 Å². The van der Waals surface area contributed by atoms with Gasteiger partial charge in [0.05, 0.1) is 17.0 Å². The van der Waals surface area contributed by atoms with Gasteiger partial charge in [0, 0.05) is 47.1 Å². The number of carbonyl (C=O) groups is 1. The highest BCUT2D eigenvalue weighted by Crippen LogP contribution is 2.25. The van der Waals surface area contributed by atoms with Crippen molar-refractivity contribution in [1.82, 2.24) is 20.3 Å². The van der Waals surface area contributed by atoms with Gasteiger partial charge in [-0.05, 0) is 48.4 Å². The number of fused-ring (bicyclic) bond motifs is 1. The molecule has 0 saturated heterocycles. The second-order valence-electron chi connectivity index (χ2n) is 7.86. The third kappa shape index (κ3) is 4.16. The average Bonchev–Trinajstić information content (AvgIpc) is 3.26. The number of H-pyrrole nitrogens is 1. The zero-order valence-corrected chi connectivity index (χ0v) is 19.2. The molecule has 1 amide bonds. The van der Waals surface area contributed by atoms with E-state index >= 15 is 0 Å². The summed E-state index contributed by atoms with van der Waals surface area (Å²) in [5.41, 5.74) is 7.68. The van der Waals surface area contributed by atoms with Crippen LogP contribution in [-0.2, 0) is 13.0 Å². The number of nitrogens with zero attached hydrogens (tertiary/aromatic N) is 2. The molecule has 4 aromatic rings. The molecule has 7 heteroatoms. The molecular weight excluding hydrogens is 466 g/mol. The first-order valence-corrected chi connectivity index (χ1v) is 11.3. The normalized spacial score (nSPS) is 12.9. The zero-order valence-electron chi connectivity index (χ0n) is 17.6. The van der Waals surface area contributed by atoms with Crippen LogP contribution in [0, 0.1) is 6.92 Å². The summed E-state index contributed by atoms with van der Waals surface area (Å²) in [6, 6.07) is 18.2. The maximum Gasteiger partial charge on any atom is 0.253 e. The van der Waals surface area contributed by atoms with Crippen LogP contribution in [0.4, 0.5) is 5.69 Å². The summed E-state index contributed by atoms with van der Waals surface area (Å²) in [4.78, 5) is 24.6. The number of nitrogens with one attached hydrogen (secondary N) is 3. The van der Waals surface area contributed by atoms with Gasteiger partial charge in [0.25, 0.3) is 5.91 Å². The van der Waals surface area contributed by atoms with E-state index in [2.05, 4.69) is 73.8 Å². The molecule has 0 aliphatic carbocycles. The summed E-state index contributed by atoms with van der Waals surface area (Å²) in [5.74, 6) is 0.619. The van der Waals surface area contributed by atoms with Gasteiger partial charge in [0.2, 0.25) is 0 Å². The van der Waals surface area contributed by atoms with Crippen molar-refractivity contribution in [3.8, 4) is 22.8 Å². The lowest BCUT2D eigenvalue weighted by Crippen LogP contribution is -2.31. The molecular formula is C25H22BrN5O. The number of anilines is 1. The van der Waals surface area contributed by atoms with E-state index in [9.17, 15) is 4.79 Å². The minimum Gasteiger partial charge on any atom is -0.381 e. The van der Waals surface area contributed by atoms with Gasteiger partial charge in [-0.15, -0.1) is 0 Å². The molecule has 0 saturated carbocycles. The van der Waals surface area contributed by atoms with Gasteiger partial charge >= 0.3 is 0 Å². The number of rotatable bonds is 5. The Labute approximate surface area is 194 Å². The molecule has 160 valence electrons. The Morgan fingerprint density at radius 3 is 2.72 bits per heavy atom. The molecule has 0 unspecified atom stereocenters. The first-order valence-electron chi connectivity index (χ1n) is 10.5. The highest BCUT2D eigenvalue weighted by Gasteiger charge is 2.20. The maximum atomic E-state index is 12.1. The third-order valence-corrected chi connectivity index (χ3v) is 6.49. The molecule has 3 N–H and O–H groups in total. The van der Waals surface area contributed by atoms with Gasteiger partial charge in [0.15, 0.2) is 5.82 Å². The van der Waals surface area contributed by atoms with E-state index in [-0.39, 0.29) is 5.91 Å². The predicted molar refractivity (Wildman–Crippen MR) is 129 cm³/mol. The molecule has 1 aliphatic rings. The molecule has 0 fully saturated rings. The number of aromatic amines is 1. The van der Waals surface area contributed by atoms with Crippen LogP contribution in [-0.4, -0.2) is 27.4 Å². The summed E-state index contributed by atoms with van der Waals surface area (Å²) in [7, 11) is 0.